The number of aliphatic imine (C=N–C) groups is 1. The lowest BCUT2D eigenvalue weighted by atomic mass is 10.1. The number of benzene rings is 1. The molecule has 0 saturated carbocycles. The molecule has 1 heterocycles. The van der Waals surface area contributed by atoms with Crippen molar-refractivity contribution in [3.8, 4) is 0 Å². The average molecular weight is 303 g/mol. The number of carbonyl (C=O) groups is 1. The third-order valence-electron chi connectivity index (χ3n) is 2.59. The van der Waals surface area contributed by atoms with Crippen LogP contribution in [0.25, 0.3) is 20.7 Å². The predicted molar refractivity (Wildman–Crippen MR) is 82.3 cm³/mol. The molecule has 0 spiro atoms. The highest BCUT2D eigenvalue weighted by Gasteiger charge is 2.26. The van der Waals surface area contributed by atoms with Crippen molar-refractivity contribution in [1.82, 2.24) is 10.3 Å². The normalized spacial score (nSPS) is 12.0. The largest absolute Gasteiger partial charge is 0.369 e. The summed E-state index contributed by atoms with van der Waals surface area (Å²) < 4.78 is 0.977. The van der Waals surface area contributed by atoms with Crippen LogP contribution in [0.3, 0.4) is 0 Å². The van der Waals surface area contributed by atoms with Gasteiger partial charge in [0.2, 0.25) is 17.0 Å². The molecule has 2 aromatic rings. The van der Waals surface area contributed by atoms with Crippen molar-refractivity contribution in [2.45, 2.75) is 19.4 Å². The smallest absolute Gasteiger partial charge is 0.238 e. The number of azide groups is 1. The Morgan fingerprint density at radius 3 is 2.86 bits per heavy atom. The summed E-state index contributed by atoms with van der Waals surface area (Å²) in [5.41, 5.74) is 13.6. The lowest BCUT2D eigenvalue weighted by Crippen LogP contribution is -2.46. The summed E-state index contributed by atoms with van der Waals surface area (Å²) in [7, 11) is 0. The van der Waals surface area contributed by atoms with Crippen molar-refractivity contribution >= 4 is 38.6 Å². The van der Waals surface area contributed by atoms with Gasteiger partial charge in [0.05, 0.1) is 10.2 Å². The van der Waals surface area contributed by atoms with E-state index in [-0.39, 0.29) is 5.96 Å². The molecule has 2 rings (SSSR count). The van der Waals surface area contributed by atoms with Crippen LogP contribution in [0.1, 0.15) is 13.8 Å². The highest BCUT2D eigenvalue weighted by Crippen LogP contribution is 2.27. The Kier molecular flexibility index (Phi) is 4.06. The molecule has 0 bridgehead atoms. The molecule has 0 unspecified atom stereocenters. The number of hydrogen-bond donors (Lipinski definition) is 2. The molecule has 0 saturated heterocycles. The first-order valence-electron chi connectivity index (χ1n) is 6.00. The number of para-hydroxylation sites is 1. The van der Waals surface area contributed by atoms with E-state index in [4.69, 9.17) is 11.3 Å². The SMILES string of the molecule is CC(C)(N=[N+]=[N-])C(=O)NC(N)=Nc1nc2ccccc2s1. The Hall–Kier alpha value is -2.64. The van der Waals surface area contributed by atoms with Crippen LogP contribution in [-0.2, 0) is 4.79 Å². The van der Waals surface area contributed by atoms with E-state index in [0.717, 1.165) is 10.2 Å². The number of hydrogen-bond acceptors (Lipinski definition) is 5. The van der Waals surface area contributed by atoms with E-state index in [9.17, 15) is 4.79 Å². The number of nitrogens with two attached hydrogens (primary N) is 1. The number of guanidine groups is 1. The van der Waals surface area contributed by atoms with Gasteiger partial charge in [-0.3, -0.25) is 10.1 Å². The number of nitrogens with one attached hydrogen (secondary N) is 1. The van der Waals surface area contributed by atoms with E-state index in [2.05, 4.69) is 25.3 Å². The molecule has 8 nitrogen and oxygen atoms in total. The molecule has 0 fully saturated rings. The summed E-state index contributed by atoms with van der Waals surface area (Å²) >= 11 is 1.36. The molecular formula is C12H13N7OS. The molecule has 0 aliphatic heterocycles. The van der Waals surface area contributed by atoms with Gasteiger partial charge >= 0.3 is 0 Å². The van der Waals surface area contributed by atoms with Gasteiger partial charge in [-0.2, -0.15) is 4.99 Å². The van der Waals surface area contributed by atoms with Gasteiger partial charge in [-0.25, -0.2) is 4.98 Å². The van der Waals surface area contributed by atoms with Gasteiger partial charge in [-0.05, 0) is 31.5 Å². The molecule has 9 heteroatoms. The fourth-order valence-electron chi connectivity index (χ4n) is 1.47. The zero-order valence-electron chi connectivity index (χ0n) is 11.4. The van der Waals surface area contributed by atoms with Gasteiger partial charge in [-0.15, -0.1) is 0 Å². The maximum Gasteiger partial charge on any atom is 0.238 e. The second kappa shape index (κ2) is 5.78. The molecule has 0 atom stereocenters. The molecule has 108 valence electrons. The summed E-state index contributed by atoms with van der Waals surface area (Å²) in [6.07, 6.45) is 0. The number of aromatic nitrogens is 1. The predicted octanol–water partition coefficient (Wildman–Crippen LogP) is 2.45. The van der Waals surface area contributed by atoms with Gasteiger partial charge in [0.15, 0.2) is 0 Å². The Bertz CT molecular complexity index is 725. The van der Waals surface area contributed by atoms with Crippen LogP contribution in [-0.4, -0.2) is 22.4 Å². The highest BCUT2D eigenvalue weighted by atomic mass is 32.1. The first-order valence-corrected chi connectivity index (χ1v) is 6.81. The lowest BCUT2D eigenvalue weighted by Gasteiger charge is -2.16. The molecule has 0 radical (unpaired) electrons. The Morgan fingerprint density at radius 2 is 2.19 bits per heavy atom. The molecule has 0 aliphatic rings. The first kappa shape index (κ1) is 14.8. The van der Waals surface area contributed by atoms with Crippen LogP contribution in [0.2, 0.25) is 0 Å². The topological polar surface area (TPSA) is 129 Å². The number of fused-ring (bicyclic) bond motifs is 1. The highest BCUT2D eigenvalue weighted by molar-refractivity contribution is 7.22. The molecule has 0 aliphatic carbocycles. The van der Waals surface area contributed by atoms with Crippen molar-refractivity contribution in [3.63, 3.8) is 0 Å². The van der Waals surface area contributed by atoms with E-state index in [1.807, 2.05) is 24.3 Å². The van der Waals surface area contributed by atoms with Crippen molar-refractivity contribution in [2.24, 2.45) is 15.8 Å². The van der Waals surface area contributed by atoms with Crippen molar-refractivity contribution < 1.29 is 4.79 Å². The summed E-state index contributed by atoms with van der Waals surface area (Å²) in [4.78, 5) is 22.8. The second-order valence-corrected chi connectivity index (χ2v) is 5.67. The molecule has 3 N–H and O–H groups in total. The van der Waals surface area contributed by atoms with Crippen LogP contribution >= 0.6 is 11.3 Å². The second-order valence-electron chi connectivity index (χ2n) is 4.66. The number of rotatable bonds is 3. The Morgan fingerprint density at radius 1 is 1.48 bits per heavy atom. The molecule has 1 aromatic heterocycles. The van der Waals surface area contributed by atoms with Crippen LogP contribution in [0.15, 0.2) is 34.4 Å². The van der Waals surface area contributed by atoms with E-state index in [1.54, 1.807) is 0 Å². The van der Waals surface area contributed by atoms with E-state index >= 15 is 0 Å². The van der Waals surface area contributed by atoms with Gasteiger partial charge in [0, 0.05) is 4.91 Å². The Labute approximate surface area is 124 Å². The van der Waals surface area contributed by atoms with Gasteiger partial charge in [-0.1, -0.05) is 28.6 Å². The van der Waals surface area contributed by atoms with Crippen LogP contribution in [0, 0.1) is 0 Å². The third kappa shape index (κ3) is 3.47. The van der Waals surface area contributed by atoms with Crippen molar-refractivity contribution in [2.75, 3.05) is 0 Å². The Balaban J connectivity index is 2.17. The molecule has 1 amide bonds. The van der Waals surface area contributed by atoms with Crippen LogP contribution in [0.5, 0.6) is 0 Å². The van der Waals surface area contributed by atoms with Gasteiger partial charge < -0.3 is 5.73 Å². The standard InChI is InChI=1S/C12H13N7OS/c1-12(2,18-19-14)9(20)16-10(13)17-11-15-7-5-3-4-6-8(7)21-11/h3-6H,1-2H3,(H3,13,15,16,17,20). The summed E-state index contributed by atoms with van der Waals surface area (Å²) in [5.74, 6) is -0.636. The van der Waals surface area contributed by atoms with E-state index in [1.165, 1.54) is 25.2 Å². The number of amides is 1. The fourth-order valence-corrected chi connectivity index (χ4v) is 2.31. The maximum atomic E-state index is 11.9. The van der Waals surface area contributed by atoms with E-state index in [0.29, 0.717) is 5.13 Å². The lowest BCUT2D eigenvalue weighted by molar-refractivity contribution is -0.123. The summed E-state index contributed by atoms with van der Waals surface area (Å²) in [6.45, 7) is 2.96. The first-order chi connectivity index (χ1) is 9.92. The zero-order valence-corrected chi connectivity index (χ0v) is 12.3. The number of carbonyl (C=O) groups excluding carboxylic acids is 1. The molecule has 21 heavy (non-hydrogen) atoms. The third-order valence-corrected chi connectivity index (χ3v) is 3.52. The number of nitrogens with zero attached hydrogens (tertiary/aromatic N) is 5. The van der Waals surface area contributed by atoms with Gasteiger partial charge in [0.25, 0.3) is 0 Å². The van der Waals surface area contributed by atoms with Crippen LogP contribution < -0.4 is 11.1 Å². The van der Waals surface area contributed by atoms with E-state index < -0.39 is 11.4 Å². The van der Waals surface area contributed by atoms with Crippen molar-refractivity contribution in [1.29, 1.82) is 0 Å². The summed E-state index contributed by atoms with van der Waals surface area (Å²) in [6, 6.07) is 7.57. The molecular weight excluding hydrogens is 290 g/mol. The maximum absolute atomic E-state index is 11.9. The number of thiazole rings is 1. The monoisotopic (exact) mass is 303 g/mol. The van der Waals surface area contributed by atoms with Gasteiger partial charge in [0.1, 0.15) is 5.54 Å². The zero-order chi connectivity index (χ0) is 15.5. The summed E-state index contributed by atoms with van der Waals surface area (Å²) in [5, 5.41) is 6.23. The van der Waals surface area contributed by atoms with Crippen molar-refractivity contribution in [3.05, 3.63) is 34.7 Å². The minimum absolute atomic E-state index is 0.0970. The molecule has 1 aromatic carbocycles. The van der Waals surface area contributed by atoms with Crippen LogP contribution in [0.4, 0.5) is 5.13 Å². The minimum Gasteiger partial charge on any atom is -0.369 e. The quantitative estimate of drug-likeness (QED) is 0.297. The minimum atomic E-state index is -1.25. The fraction of sp³-hybridized carbons (Fsp3) is 0.250. The average Bonchev–Trinajstić information content (AvgIpc) is 2.80.